The maximum atomic E-state index is 14.4. The predicted molar refractivity (Wildman–Crippen MR) is 214 cm³/mol. The fourth-order valence-corrected chi connectivity index (χ4v) is 8.01. The lowest BCUT2D eigenvalue weighted by Gasteiger charge is -2.25. The van der Waals surface area contributed by atoms with E-state index < -0.39 is 18.0 Å². The zero-order chi connectivity index (χ0) is 38.4. The summed E-state index contributed by atoms with van der Waals surface area (Å²) in [5.41, 5.74) is 2.66. The lowest BCUT2D eigenvalue weighted by molar-refractivity contribution is -0.143. The maximum absolute atomic E-state index is 14.4. The van der Waals surface area contributed by atoms with Crippen molar-refractivity contribution >= 4 is 62.7 Å². The third-order valence-corrected chi connectivity index (χ3v) is 10.3. The molecule has 13 heteroatoms. The van der Waals surface area contributed by atoms with Crippen LogP contribution in [0.5, 0.6) is 23.0 Å². The van der Waals surface area contributed by atoms with Gasteiger partial charge in [-0.25, -0.2) is 14.6 Å². The molecule has 6 rings (SSSR count). The summed E-state index contributed by atoms with van der Waals surface area (Å²) in [4.78, 5) is 44.8. The Morgan fingerprint density at radius 2 is 1.65 bits per heavy atom. The van der Waals surface area contributed by atoms with E-state index >= 15 is 0 Å². The summed E-state index contributed by atoms with van der Waals surface area (Å²) in [7, 11) is 1.27. The largest absolute Gasteiger partial charge is 0.490 e. The van der Waals surface area contributed by atoms with Gasteiger partial charge in [0, 0.05) is 0 Å². The minimum Gasteiger partial charge on any atom is -0.490 e. The third-order valence-electron chi connectivity index (χ3n) is 8.55. The molecule has 0 fully saturated rings. The summed E-state index contributed by atoms with van der Waals surface area (Å²) in [6.07, 6.45) is 1.79. The van der Waals surface area contributed by atoms with Crippen LogP contribution < -0.4 is 33.8 Å². The Labute approximate surface area is 329 Å². The Kier molecular flexibility index (Phi) is 12.4. The van der Waals surface area contributed by atoms with Crippen LogP contribution in [0.2, 0.25) is 0 Å². The number of carbonyl (C=O) groups excluding carboxylic acids is 2. The highest BCUT2D eigenvalue weighted by Gasteiger charge is 2.34. The van der Waals surface area contributed by atoms with Gasteiger partial charge >= 0.3 is 11.9 Å². The number of rotatable bonds is 14. The highest BCUT2D eigenvalue weighted by Crippen LogP contribution is 2.38. The van der Waals surface area contributed by atoms with Crippen molar-refractivity contribution in [2.75, 3.05) is 33.5 Å². The molecule has 280 valence electrons. The number of allylic oxidation sites excluding steroid dienone is 1. The van der Waals surface area contributed by atoms with Crippen molar-refractivity contribution in [3.8, 4) is 23.0 Å². The van der Waals surface area contributed by atoms with E-state index in [-0.39, 0.29) is 24.3 Å². The van der Waals surface area contributed by atoms with Gasteiger partial charge in [0.15, 0.2) is 34.4 Å². The average molecular weight is 863 g/mol. The lowest BCUT2D eigenvalue weighted by Crippen LogP contribution is -2.40. The normalized spacial score (nSPS) is 14.0. The summed E-state index contributed by atoms with van der Waals surface area (Å²) in [6, 6.07) is 22.3. The molecule has 0 N–H and O–H groups in total. The van der Waals surface area contributed by atoms with Crippen molar-refractivity contribution in [3.05, 3.63) is 124 Å². The number of methoxy groups -OCH3 is 1. The van der Waals surface area contributed by atoms with Crippen molar-refractivity contribution in [1.82, 2.24) is 4.57 Å². The molecular weight excluding hydrogens is 823 g/mol. The Morgan fingerprint density at radius 3 is 2.41 bits per heavy atom. The van der Waals surface area contributed by atoms with Gasteiger partial charge in [-0.3, -0.25) is 9.36 Å². The molecule has 0 unspecified atom stereocenters. The summed E-state index contributed by atoms with van der Waals surface area (Å²) in [6.45, 7) is 8.05. The zero-order valence-corrected chi connectivity index (χ0v) is 33.4. The first-order chi connectivity index (χ1) is 26.2. The molecule has 1 aromatic heterocycles. The summed E-state index contributed by atoms with van der Waals surface area (Å²) in [5, 5.41) is 2.26. The SMILES string of the molecule is CCOC(=O)C1=C(C)N=c2s/c(=C/c3cc(I)c(OCc4cccc5ccccc45)c(OCC)c3)c(=O)n2[C@H]1c1ccc(OCC(=O)OC)c(OCC)c1. The lowest BCUT2D eigenvalue weighted by atomic mass is 9.95. The number of halogens is 1. The molecule has 1 aliphatic rings. The molecule has 2 heterocycles. The smallest absolute Gasteiger partial charge is 0.343 e. The van der Waals surface area contributed by atoms with Crippen LogP contribution in [0.1, 0.15) is 50.4 Å². The molecule has 0 bridgehead atoms. The van der Waals surface area contributed by atoms with Gasteiger partial charge in [0.1, 0.15) is 6.61 Å². The second kappa shape index (κ2) is 17.3. The second-order valence-electron chi connectivity index (χ2n) is 12.0. The van der Waals surface area contributed by atoms with Gasteiger partial charge in [0.05, 0.1) is 52.3 Å². The molecular formula is C41H39IN2O9S. The minimum atomic E-state index is -0.889. The van der Waals surface area contributed by atoms with Crippen LogP contribution in [0.25, 0.3) is 16.8 Å². The third kappa shape index (κ3) is 8.16. The first kappa shape index (κ1) is 38.6. The minimum absolute atomic E-state index is 0.139. The number of nitrogens with zero attached hydrogens (tertiary/aromatic N) is 2. The van der Waals surface area contributed by atoms with Gasteiger partial charge in [-0.05, 0) is 108 Å². The molecule has 0 saturated carbocycles. The van der Waals surface area contributed by atoms with Crippen LogP contribution in [0.15, 0.2) is 93.9 Å². The fraction of sp³-hybridized carbons (Fsp3) is 0.268. The van der Waals surface area contributed by atoms with Gasteiger partial charge < -0.3 is 28.4 Å². The molecule has 1 atom stereocenters. The van der Waals surface area contributed by atoms with Gasteiger partial charge in [-0.1, -0.05) is 59.9 Å². The Hall–Kier alpha value is -5.15. The van der Waals surface area contributed by atoms with Crippen LogP contribution >= 0.6 is 33.9 Å². The fourth-order valence-electron chi connectivity index (χ4n) is 6.18. The van der Waals surface area contributed by atoms with Gasteiger partial charge in [0.2, 0.25) is 0 Å². The van der Waals surface area contributed by atoms with Crippen molar-refractivity contribution in [1.29, 1.82) is 0 Å². The molecule has 54 heavy (non-hydrogen) atoms. The van der Waals surface area contributed by atoms with E-state index in [0.29, 0.717) is 63.4 Å². The number of aromatic nitrogens is 1. The molecule has 0 saturated heterocycles. The number of fused-ring (bicyclic) bond motifs is 2. The summed E-state index contributed by atoms with van der Waals surface area (Å²) >= 11 is 3.44. The summed E-state index contributed by atoms with van der Waals surface area (Å²) in [5.74, 6) is 0.670. The summed E-state index contributed by atoms with van der Waals surface area (Å²) < 4.78 is 36.9. The molecule has 0 amide bonds. The molecule has 4 aromatic carbocycles. The monoisotopic (exact) mass is 862 g/mol. The Balaban J connectivity index is 1.41. The maximum Gasteiger partial charge on any atom is 0.343 e. The molecule has 1 aliphatic heterocycles. The Morgan fingerprint density at radius 1 is 0.889 bits per heavy atom. The molecule has 11 nitrogen and oxygen atoms in total. The number of esters is 2. The highest BCUT2D eigenvalue weighted by atomic mass is 127. The molecule has 0 radical (unpaired) electrons. The highest BCUT2D eigenvalue weighted by molar-refractivity contribution is 14.1. The van der Waals surface area contributed by atoms with E-state index in [0.717, 1.165) is 25.5 Å². The predicted octanol–water partition coefficient (Wildman–Crippen LogP) is 6.48. The quantitative estimate of drug-likeness (QED) is 0.0912. The zero-order valence-electron chi connectivity index (χ0n) is 30.5. The number of thiazole rings is 1. The number of ether oxygens (including phenoxy) is 6. The van der Waals surface area contributed by atoms with E-state index in [4.69, 9.17) is 33.4 Å². The standard InChI is InChI=1S/C41H39IN2O9S/c1-6-49-32-21-27(16-17-31(32)52-23-35(45)48-5)37-36(40(47)51-8-3)24(4)43-41-44(37)39(46)34(54-41)20-25-18-30(42)38(33(19-25)50-7-2)53-22-28-14-11-13-26-12-9-10-15-29(26)28/h9-21,37H,6-8,22-23H2,1-5H3/b34-20+/t37-/m0/s1. The first-order valence-corrected chi connectivity index (χ1v) is 19.3. The van der Waals surface area contributed by atoms with Crippen molar-refractivity contribution in [2.45, 2.75) is 40.3 Å². The molecule has 0 aliphatic carbocycles. The van der Waals surface area contributed by atoms with E-state index in [1.54, 1.807) is 38.1 Å². The van der Waals surface area contributed by atoms with E-state index in [9.17, 15) is 14.4 Å². The Bertz CT molecular complexity index is 2430. The number of benzene rings is 4. The van der Waals surface area contributed by atoms with Crippen molar-refractivity contribution in [2.24, 2.45) is 4.99 Å². The number of hydrogen-bond acceptors (Lipinski definition) is 11. The van der Waals surface area contributed by atoms with Crippen LogP contribution in [0.4, 0.5) is 0 Å². The van der Waals surface area contributed by atoms with Crippen molar-refractivity contribution < 1.29 is 38.0 Å². The van der Waals surface area contributed by atoms with E-state index in [1.807, 2.05) is 44.2 Å². The van der Waals surface area contributed by atoms with Crippen LogP contribution in [0.3, 0.4) is 0 Å². The van der Waals surface area contributed by atoms with Crippen molar-refractivity contribution in [3.63, 3.8) is 0 Å². The molecule has 5 aromatic rings. The average Bonchev–Trinajstić information content (AvgIpc) is 3.46. The first-order valence-electron chi connectivity index (χ1n) is 17.4. The van der Waals surface area contributed by atoms with E-state index in [2.05, 4.69) is 46.9 Å². The number of carbonyl (C=O) groups is 2. The molecule has 0 spiro atoms. The van der Waals surface area contributed by atoms with Crippen LogP contribution in [-0.2, 0) is 25.7 Å². The topological polar surface area (TPSA) is 124 Å². The second-order valence-corrected chi connectivity index (χ2v) is 14.2. The van der Waals surface area contributed by atoms with Gasteiger partial charge in [0.25, 0.3) is 5.56 Å². The van der Waals surface area contributed by atoms with Gasteiger partial charge in [-0.15, -0.1) is 0 Å². The van der Waals surface area contributed by atoms with E-state index in [1.165, 1.54) is 23.0 Å². The van der Waals surface area contributed by atoms with Crippen LogP contribution in [0, 0.1) is 3.57 Å². The van der Waals surface area contributed by atoms with Gasteiger partial charge in [-0.2, -0.15) is 0 Å². The van der Waals surface area contributed by atoms with Crippen LogP contribution in [-0.4, -0.2) is 50.0 Å². The number of hydrogen-bond donors (Lipinski definition) is 0.